The first-order valence-corrected chi connectivity index (χ1v) is 10.7. The van der Waals surface area contributed by atoms with Crippen LogP contribution >= 0.6 is 35.6 Å². The molecule has 2 N–H and O–H groups in total. The fourth-order valence-electron chi connectivity index (χ4n) is 2.67. The number of thioether (sulfide) groups is 1. The Hall–Kier alpha value is -2.88. The molecule has 2 aromatic carbocycles. The van der Waals surface area contributed by atoms with E-state index in [0.29, 0.717) is 22.6 Å². The molecule has 0 aliphatic carbocycles. The summed E-state index contributed by atoms with van der Waals surface area (Å²) in [5.41, 5.74) is 3.32. The molecule has 10 heteroatoms. The Kier molecular flexibility index (Phi) is 7.32. The number of thiocarbonyl (C=S) groups is 1. The van der Waals surface area contributed by atoms with Crippen LogP contribution in [0.1, 0.15) is 29.3 Å². The van der Waals surface area contributed by atoms with Crippen molar-refractivity contribution >= 4 is 63.8 Å². The number of hydrogen-bond donors (Lipinski definition) is 2. The Morgan fingerprint density at radius 3 is 2.71 bits per heavy atom. The van der Waals surface area contributed by atoms with E-state index in [-0.39, 0.29) is 14.9 Å². The van der Waals surface area contributed by atoms with Crippen molar-refractivity contribution in [2.75, 3.05) is 0 Å². The lowest BCUT2D eigenvalue weighted by atomic mass is 10.2. The maximum absolute atomic E-state index is 12.8. The van der Waals surface area contributed by atoms with Gasteiger partial charge in [-0.05, 0) is 54.5 Å². The fraction of sp³-hybridized carbons (Fsp3) is 0.143. The van der Waals surface area contributed by atoms with Crippen molar-refractivity contribution in [3.8, 4) is 5.75 Å². The third-order valence-corrected chi connectivity index (χ3v) is 5.84. The number of carboxylic acids is 1. The Morgan fingerprint density at radius 1 is 1.29 bits per heavy atom. The Labute approximate surface area is 193 Å². The van der Waals surface area contributed by atoms with E-state index in [1.807, 2.05) is 0 Å². The van der Waals surface area contributed by atoms with Crippen LogP contribution in [0.5, 0.6) is 5.75 Å². The summed E-state index contributed by atoms with van der Waals surface area (Å²) in [6, 6.07) is 13.2. The zero-order valence-corrected chi connectivity index (χ0v) is 18.6. The van der Waals surface area contributed by atoms with Crippen LogP contribution in [0.25, 0.3) is 6.08 Å². The molecule has 0 saturated carbocycles. The molecule has 7 nitrogen and oxygen atoms in total. The highest BCUT2D eigenvalue weighted by Gasteiger charge is 2.34. The number of carbonyl (C=O) groups is 3. The molecular formula is C21H17ClN2O5S2. The van der Waals surface area contributed by atoms with Crippen LogP contribution in [-0.4, -0.2) is 38.3 Å². The molecular weight excluding hydrogens is 460 g/mol. The lowest BCUT2D eigenvalue weighted by Gasteiger charge is -2.16. The van der Waals surface area contributed by atoms with Crippen LogP contribution in [0.15, 0.2) is 53.4 Å². The summed E-state index contributed by atoms with van der Waals surface area (Å²) in [4.78, 5) is 36.7. The number of halogens is 1. The molecule has 0 bridgehead atoms. The molecule has 1 saturated heterocycles. The SMILES string of the molecule is CCC(Oc1cccc(/C=C2/SC(=S)N(NC(=O)c3ccccc3Cl)C2=O)c1)C(=O)O. The number of benzene rings is 2. The Bertz CT molecular complexity index is 1090. The number of hydrazine groups is 1. The van der Waals surface area contributed by atoms with Gasteiger partial charge in [0.15, 0.2) is 10.4 Å². The van der Waals surface area contributed by atoms with Crippen LogP contribution in [-0.2, 0) is 9.59 Å². The molecule has 160 valence electrons. The molecule has 0 spiro atoms. The smallest absolute Gasteiger partial charge is 0.344 e. The fourth-order valence-corrected chi connectivity index (χ4v) is 4.07. The summed E-state index contributed by atoms with van der Waals surface area (Å²) >= 11 is 12.3. The molecule has 1 fully saturated rings. The number of carbonyl (C=O) groups excluding carboxylic acids is 2. The average molecular weight is 477 g/mol. The minimum atomic E-state index is -1.05. The average Bonchev–Trinajstić information content (AvgIpc) is 2.99. The van der Waals surface area contributed by atoms with Gasteiger partial charge in [0.05, 0.1) is 15.5 Å². The largest absolute Gasteiger partial charge is 0.479 e. The molecule has 2 aromatic rings. The lowest BCUT2D eigenvalue weighted by Crippen LogP contribution is -2.44. The molecule has 1 unspecified atom stereocenters. The van der Waals surface area contributed by atoms with Crippen LogP contribution in [0, 0.1) is 0 Å². The predicted octanol–water partition coefficient (Wildman–Crippen LogP) is 4.13. The summed E-state index contributed by atoms with van der Waals surface area (Å²) in [5, 5.41) is 10.4. The third-order valence-electron chi connectivity index (χ3n) is 4.21. The van der Waals surface area contributed by atoms with Gasteiger partial charge in [-0.1, -0.05) is 54.6 Å². The molecule has 0 radical (unpaired) electrons. The molecule has 1 aliphatic rings. The second kappa shape index (κ2) is 9.95. The number of nitrogens with one attached hydrogen (secondary N) is 1. The van der Waals surface area contributed by atoms with E-state index < -0.39 is 23.9 Å². The number of carboxylic acid groups (broad SMARTS) is 1. The summed E-state index contributed by atoms with van der Waals surface area (Å²) in [6.45, 7) is 1.71. The summed E-state index contributed by atoms with van der Waals surface area (Å²) < 4.78 is 5.65. The van der Waals surface area contributed by atoms with E-state index in [0.717, 1.165) is 16.8 Å². The van der Waals surface area contributed by atoms with Gasteiger partial charge in [0.2, 0.25) is 0 Å². The number of nitrogens with zero attached hydrogens (tertiary/aromatic N) is 1. The van der Waals surface area contributed by atoms with Gasteiger partial charge in [0, 0.05) is 0 Å². The minimum Gasteiger partial charge on any atom is -0.479 e. The van der Waals surface area contributed by atoms with Crippen molar-refractivity contribution < 1.29 is 24.2 Å². The molecule has 3 rings (SSSR count). The molecule has 1 heterocycles. The van der Waals surface area contributed by atoms with Crippen molar-refractivity contribution in [2.24, 2.45) is 0 Å². The minimum absolute atomic E-state index is 0.168. The van der Waals surface area contributed by atoms with Crippen LogP contribution < -0.4 is 10.2 Å². The lowest BCUT2D eigenvalue weighted by molar-refractivity contribution is -0.145. The normalized spacial score (nSPS) is 15.8. The predicted molar refractivity (Wildman–Crippen MR) is 123 cm³/mol. The first-order valence-electron chi connectivity index (χ1n) is 9.13. The van der Waals surface area contributed by atoms with Gasteiger partial charge in [-0.25, -0.2) is 4.79 Å². The van der Waals surface area contributed by atoms with Gasteiger partial charge in [0.1, 0.15) is 5.75 Å². The quantitative estimate of drug-likeness (QED) is 0.458. The van der Waals surface area contributed by atoms with Crippen molar-refractivity contribution in [3.63, 3.8) is 0 Å². The summed E-state index contributed by atoms with van der Waals surface area (Å²) in [6.07, 6.45) is 0.937. The number of ether oxygens (including phenoxy) is 1. The van der Waals surface area contributed by atoms with Crippen molar-refractivity contribution in [2.45, 2.75) is 19.4 Å². The number of amides is 2. The second-order valence-electron chi connectivity index (χ2n) is 6.36. The van der Waals surface area contributed by atoms with Crippen LogP contribution in [0.4, 0.5) is 0 Å². The standard InChI is InChI=1S/C21H17ClN2O5S2/c1-2-16(20(27)28)29-13-7-5-6-12(10-13)11-17-19(26)24(21(30)31-17)23-18(25)14-8-3-4-9-15(14)22/h3-11,16H,2H2,1H3,(H,23,25)(H,27,28)/b17-11+. The van der Waals surface area contributed by atoms with Gasteiger partial charge in [-0.3, -0.25) is 15.0 Å². The van der Waals surface area contributed by atoms with Crippen molar-refractivity contribution in [1.82, 2.24) is 10.4 Å². The van der Waals surface area contributed by atoms with E-state index in [1.54, 1.807) is 55.5 Å². The number of rotatable bonds is 7. The van der Waals surface area contributed by atoms with Gasteiger partial charge < -0.3 is 9.84 Å². The molecule has 0 aromatic heterocycles. The van der Waals surface area contributed by atoms with E-state index in [9.17, 15) is 14.4 Å². The highest BCUT2D eigenvalue weighted by atomic mass is 35.5. The highest BCUT2D eigenvalue weighted by molar-refractivity contribution is 8.26. The Balaban J connectivity index is 1.76. The highest BCUT2D eigenvalue weighted by Crippen LogP contribution is 2.32. The topological polar surface area (TPSA) is 95.9 Å². The Morgan fingerprint density at radius 2 is 2.03 bits per heavy atom. The molecule has 1 aliphatic heterocycles. The molecule has 31 heavy (non-hydrogen) atoms. The maximum atomic E-state index is 12.8. The zero-order chi connectivity index (χ0) is 22.5. The van der Waals surface area contributed by atoms with Crippen LogP contribution in [0.2, 0.25) is 5.02 Å². The number of hydrogen-bond acceptors (Lipinski definition) is 6. The monoisotopic (exact) mass is 476 g/mol. The number of aliphatic carboxylic acids is 1. The van der Waals surface area contributed by atoms with Gasteiger partial charge in [-0.2, -0.15) is 5.01 Å². The van der Waals surface area contributed by atoms with Gasteiger partial charge in [0.25, 0.3) is 11.8 Å². The first-order chi connectivity index (χ1) is 14.8. The van der Waals surface area contributed by atoms with E-state index in [1.165, 1.54) is 6.07 Å². The molecule has 2 amide bonds. The van der Waals surface area contributed by atoms with Crippen molar-refractivity contribution in [3.05, 3.63) is 69.6 Å². The zero-order valence-electron chi connectivity index (χ0n) is 16.2. The third kappa shape index (κ3) is 5.43. The van der Waals surface area contributed by atoms with E-state index in [2.05, 4.69) is 5.43 Å². The first kappa shape index (κ1) is 22.8. The van der Waals surface area contributed by atoms with Crippen LogP contribution in [0.3, 0.4) is 0 Å². The van der Waals surface area contributed by atoms with Gasteiger partial charge in [-0.15, -0.1) is 0 Å². The maximum Gasteiger partial charge on any atom is 0.344 e. The summed E-state index contributed by atoms with van der Waals surface area (Å²) in [7, 11) is 0. The summed E-state index contributed by atoms with van der Waals surface area (Å²) in [5.74, 6) is -1.73. The second-order valence-corrected chi connectivity index (χ2v) is 8.45. The molecule has 1 atom stereocenters. The van der Waals surface area contributed by atoms with Crippen molar-refractivity contribution in [1.29, 1.82) is 0 Å². The van der Waals surface area contributed by atoms with E-state index >= 15 is 0 Å². The van der Waals surface area contributed by atoms with Gasteiger partial charge >= 0.3 is 5.97 Å². The van der Waals surface area contributed by atoms with E-state index in [4.69, 9.17) is 33.7 Å².